The van der Waals surface area contributed by atoms with Crippen LogP contribution in [0.5, 0.6) is 0 Å². The van der Waals surface area contributed by atoms with E-state index in [1.165, 1.54) is 0 Å². The largest absolute Gasteiger partial charge is 0.445 e. The van der Waals surface area contributed by atoms with E-state index in [0.717, 1.165) is 22.2 Å². The van der Waals surface area contributed by atoms with Gasteiger partial charge in [0.25, 0.3) is 0 Å². The predicted molar refractivity (Wildman–Crippen MR) is 120 cm³/mol. The highest BCUT2D eigenvalue weighted by Gasteiger charge is 2.44. The van der Waals surface area contributed by atoms with Crippen LogP contribution in [0.4, 0.5) is 4.79 Å². The number of benzene rings is 2. The Hall–Kier alpha value is -3.25. The Bertz CT molecular complexity index is 1130. The molecule has 5 rings (SSSR count). The molecule has 3 heterocycles. The number of nitrogens with zero attached hydrogens (tertiary/aromatic N) is 2. The number of amides is 1. The summed E-state index contributed by atoms with van der Waals surface area (Å²) >= 11 is 0. The fourth-order valence-electron chi connectivity index (χ4n) is 4.84. The molecule has 2 aromatic carbocycles. The minimum atomic E-state index is -0.329. The summed E-state index contributed by atoms with van der Waals surface area (Å²) in [7, 11) is 0. The van der Waals surface area contributed by atoms with Crippen molar-refractivity contribution in [1.29, 1.82) is 0 Å². The number of fused-ring (bicyclic) bond motifs is 3. The van der Waals surface area contributed by atoms with Crippen molar-refractivity contribution in [3.63, 3.8) is 0 Å². The third-order valence-corrected chi connectivity index (χ3v) is 6.42. The molecule has 2 atom stereocenters. The van der Waals surface area contributed by atoms with Crippen molar-refractivity contribution in [2.24, 2.45) is 5.92 Å². The number of piperidine rings is 1. The topological polar surface area (TPSA) is 68.7 Å². The van der Waals surface area contributed by atoms with Gasteiger partial charge in [-0.25, -0.2) is 4.79 Å². The molecule has 0 N–H and O–H groups in total. The van der Waals surface area contributed by atoms with Gasteiger partial charge in [-0.3, -0.25) is 14.7 Å². The number of carbonyl (C=O) groups excluding carboxylic acids is 2. The zero-order chi connectivity index (χ0) is 22.1. The second kappa shape index (κ2) is 8.71. The standard InChI is InChI=1S/C26H26N2O4/c1-17-7-8-19-11-20(9-10-24(19)27-17)25(29)21-12-22-15-31-16-23(13-21)28(22)26(30)32-14-18-5-3-2-4-6-18/h2-11,21-23H,12-16H2,1H3. The number of ether oxygens (including phenoxy) is 2. The molecule has 0 radical (unpaired) electrons. The minimum Gasteiger partial charge on any atom is -0.445 e. The van der Waals surface area contributed by atoms with Gasteiger partial charge in [0.2, 0.25) is 0 Å². The molecular formula is C26H26N2O4. The number of carbonyl (C=O) groups is 2. The van der Waals surface area contributed by atoms with Gasteiger partial charge < -0.3 is 9.47 Å². The Labute approximate surface area is 187 Å². The molecule has 32 heavy (non-hydrogen) atoms. The number of ketones is 1. The van der Waals surface area contributed by atoms with Crippen LogP contribution in [0.15, 0.2) is 60.7 Å². The summed E-state index contributed by atoms with van der Waals surface area (Å²) in [6, 6.07) is 19.0. The predicted octanol–water partition coefficient (Wildman–Crippen LogP) is 4.54. The molecule has 2 aliphatic heterocycles. The van der Waals surface area contributed by atoms with Crippen LogP contribution in [0.3, 0.4) is 0 Å². The summed E-state index contributed by atoms with van der Waals surface area (Å²) in [5.74, 6) is -0.00962. The first-order chi connectivity index (χ1) is 15.6. The minimum absolute atomic E-state index is 0.127. The number of aryl methyl sites for hydroxylation is 1. The zero-order valence-electron chi connectivity index (χ0n) is 18.1. The molecule has 0 saturated carbocycles. The first-order valence-electron chi connectivity index (χ1n) is 11.1. The number of morpholine rings is 1. The fourth-order valence-corrected chi connectivity index (χ4v) is 4.84. The van der Waals surface area contributed by atoms with E-state index in [4.69, 9.17) is 9.47 Å². The van der Waals surface area contributed by atoms with Crippen LogP contribution in [-0.4, -0.2) is 47.1 Å². The summed E-state index contributed by atoms with van der Waals surface area (Å²) in [5.41, 5.74) is 3.50. The lowest BCUT2D eigenvalue weighted by Crippen LogP contribution is -2.59. The molecule has 2 saturated heterocycles. The maximum absolute atomic E-state index is 13.3. The third-order valence-electron chi connectivity index (χ3n) is 6.42. The summed E-state index contributed by atoms with van der Waals surface area (Å²) in [6.07, 6.45) is 0.838. The van der Waals surface area contributed by atoms with Crippen LogP contribution in [0.2, 0.25) is 0 Å². The molecule has 6 nitrogen and oxygen atoms in total. The van der Waals surface area contributed by atoms with E-state index in [-0.39, 0.29) is 36.5 Å². The Morgan fingerprint density at radius 3 is 2.53 bits per heavy atom. The highest BCUT2D eigenvalue weighted by Crippen LogP contribution is 2.34. The third kappa shape index (κ3) is 4.10. The Morgan fingerprint density at radius 1 is 1.03 bits per heavy atom. The SMILES string of the molecule is Cc1ccc2cc(C(=O)C3CC4COCC(C3)N4C(=O)OCc3ccccc3)ccc2n1. The second-order valence-corrected chi connectivity index (χ2v) is 8.69. The van der Waals surface area contributed by atoms with E-state index < -0.39 is 0 Å². The summed E-state index contributed by atoms with van der Waals surface area (Å²) in [6.45, 7) is 3.06. The van der Waals surface area contributed by atoms with Crippen molar-refractivity contribution in [1.82, 2.24) is 9.88 Å². The van der Waals surface area contributed by atoms with Crippen LogP contribution in [0.25, 0.3) is 10.9 Å². The number of hydrogen-bond donors (Lipinski definition) is 0. The molecule has 2 bridgehead atoms. The zero-order valence-corrected chi connectivity index (χ0v) is 18.1. The highest BCUT2D eigenvalue weighted by molar-refractivity contribution is 6.01. The van der Waals surface area contributed by atoms with E-state index in [2.05, 4.69) is 4.98 Å². The molecule has 1 aromatic heterocycles. The average molecular weight is 431 g/mol. The van der Waals surface area contributed by atoms with Crippen LogP contribution in [-0.2, 0) is 16.1 Å². The van der Waals surface area contributed by atoms with Gasteiger partial charge in [0.1, 0.15) is 6.61 Å². The Balaban J connectivity index is 1.29. The van der Waals surface area contributed by atoms with Crippen LogP contribution in [0, 0.1) is 12.8 Å². The molecule has 6 heteroatoms. The lowest BCUT2D eigenvalue weighted by atomic mass is 9.80. The van der Waals surface area contributed by atoms with E-state index in [1.807, 2.05) is 67.6 Å². The van der Waals surface area contributed by atoms with E-state index in [0.29, 0.717) is 31.6 Å². The number of aromatic nitrogens is 1. The summed E-state index contributed by atoms with van der Waals surface area (Å²) < 4.78 is 11.3. The summed E-state index contributed by atoms with van der Waals surface area (Å²) in [4.78, 5) is 32.5. The van der Waals surface area contributed by atoms with Crippen molar-refractivity contribution >= 4 is 22.8 Å². The first kappa shape index (κ1) is 20.6. The number of rotatable bonds is 4. The molecule has 2 unspecified atom stereocenters. The second-order valence-electron chi connectivity index (χ2n) is 8.69. The molecular weight excluding hydrogens is 404 g/mol. The molecule has 2 fully saturated rings. The van der Waals surface area contributed by atoms with E-state index >= 15 is 0 Å². The van der Waals surface area contributed by atoms with Crippen molar-refractivity contribution in [2.75, 3.05) is 13.2 Å². The van der Waals surface area contributed by atoms with Gasteiger partial charge in [0, 0.05) is 22.6 Å². The smallest absolute Gasteiger partial charge is 0.410 e. The fraction of sp³-hybridized carbons (Fsp3) is 0.346. The van der Waals surface area contributed by atoms with Gasteiger partial charge in [-0.2, -0.15) is 0 Å². The number of Topliss-reactive ketones (excluding diaryl/α,β-unsaturated/α-hetero) is 1. The molecule has 1 amide bonds. The van der Waals surface area contributed by atoms with Crippen molar-refractivity contribution in [2.45, 2.75) is 38.5 Å². The quantitative estimate of drug-likeness (QED) is 0.569. The monoisotopic (exact) mass is 430 g/mol. The average Bonchev–Trinajstić information content (AvgIpc) is 2.81. The van der Waals surface area contributed by atoms with E-state index in [9.17, 15) is 9.59 Å². The van der Waals surface area contributed by atoms with E-state index in [1.54, 1.807) is 4.90 Å². The van der Waals surface area contributed by atoms with Crippen LogP contribution >= 0.6 is 0 Å². The molecule has 164 valence electrons. The Morgan fingerprint density at radius 2 is 1.78 bits per heavy atom. The number of pyridine rings is 1. The lowest BCUT2D eigenvalue weighted by Gasteiger charge is -2.47. The lowest BCUT2D eigenvalue weighted by molar-refractivity contribution is -0.0755. The molecule has 3 aromatic rings. The summed E-state index contributed by atoms with van der Waals surface area (Å²) in [5, 5.41) is 0.965. The van der Waals surface area contributed by atoms with Gasteiger partial charge >= 0.3 is 6.09 Å². The van der Waals surface area contributed by atoms with Gasteiger partial charge in [-0.05, 0) is 49.6 Å². The molecule has 2 aliphatic rings. The first-order valence-corrected chi connectivity index (χ1v) is 11.1. The number of hydrogen-bond acceptors (Lipinski definition) is 5. The molecule has 0 aliphatic carbocycles. The van der Waals surface area contributed by atoms with Gasteiger partial charge in [0.05, 0.1) is 30.8 Å². The van der Waals surface area contributed by atoms with Crippen LogP contribution < -0.4 is 0 Å². The van der Waals surface area contributed by atoms with Gasteiger partial charge in [0.15, 0.2) is 5.78 Å². The molecule has 0 spiro atoms. The van der Waals surface area contributed by atoms with Crippen LogP contribution in [0.1, 0.15) is 34.5 Å². The van der Waals surface area contributed by atoms with Crippen molar-refractivity contribution < 1.29 is 19.1 Å². The maximum atomic E-state index is 13.3. The Kier molecular flexibility index (Phi) is 5.62. The highest BCUT2D eigenvalue weighted by atomic mass is 16.6. The van der Waals surface area contributed by atoms with Gasteiger partial charge in [-0.1, -0.05) is 36.4 Å². The van der Waals surface area contributed by atoms with Crippen molar-refractivity contribution in [3.05, 3.63) is 77.5 Å². The van der Waals surface area contributed by atoms with Gasteiger partial charge in [-0.15, -0.1) is 0 Å². The van der Waals surface area contributed by atoms with Crippen molar-refractivity contribution in [3.8, 4) is 0 Å². The normalized spacial score (nSPS) is 22.5. The maximum Gasteiger partial charge on any atom is 0.410 e.